The van der Waals surface area contributed by atoms with Crippen molar-refractivity contribution in [1.29, 1.82) is 0 Å². The molecule has 1 aromatic carbocycles. The number of halogens is 1. The lowest BCUT2D eigenvalue weighted by Crippen LogP contribution is -2.38. The van der Waals surface area contributed by atoms with E-state index < -0.39 is 10.0 Å². The van der Waals surface area contributed by atoms with Crippen LogP contribution in [-0.2, 0) is 10.0 Å². The van der Waals surface area contributed by atoms with Crippen molar-refractivity contribution in [2.75, 3.05) is 7.11 Å². The van der Waals surface area contributed by atoms with E-state index in [9.17, 15) is 13.5 Å². The van der Waals surface area contributed by atoms with Crippen LogP contribution in [-0.4, -0.2) is 32.8 Å². The van der Waals surface area contributed by atoms with Crippen molar-refractivity contribution in [3.63, 3.8) is 0 Å². The van der Waals surface area contributed by atoms with Gasteiger partial charge in [-0.05, 0) is 59.8 Å². The molecule has 0 amide bonds. The Bertz CT molecular complexity index is 568. The van der Waals surface area contributed by atoms with E-state index in [0.717, 1.165) is 0 Å². The Balaban J connectivity index is 2.12. The van der Waals surface area contributed by atoms with Gasteiger partial charge < -0.3 is 9.84 Å². The maximum atomic E-state index is 12.3. The number of aliphatic hydroxyl groups excluding tert-OH is 1. The summed E-state index contributed by atoms with van der Waals surface area (Å²) in [5, 5.41) is 9.44. The number of hydrogen-bond acceptors (Lipinski definition) is 4. The van der Waals surface area contributed by atoms with Gasteiger partial charge in [0.2, 0.25) is 10.0 Å². The van der Waals surface area contributed by atoms with Crippen molar-refractivity contribution in [1.82, 2.24) is 4.72 Å². The molecule has 5 nitrogen and oxygen atoms in total. The number of methoxy groups -OCH3 is 1. The van der Waals surface area contributed by atoms with Gasteiger partial charge in [0.15, 0.2) is 0 Å². The molecule has 2 rings (SSSR count). The molecule has 1 fully saturated rings. The number of ether oxygens (including phenoxy) is 1. The van der Waals surface area contributed by atoms with Gasteiger partial charge in [-0.25, -0.2) is 13.1 Å². The van der Waals surface area contributed by atoms with Gasteiger partial charge in [0.1, 0.15) is 5.75 Å². The third-order valence-corrected chi connectivity index (χ3v) is 5.59. The number of rotatable bonds is 4. The smallest absolute Gasteiger partial charge is 0.240 e. The first-order chi connectivity index (χ1) is 9.42. The summed E-state index contributed by atoms with van der Waals surface area (Å²) in [6.45, 7) is 0. The van der Waals surface area contributed by atoms with Crippen LogP contribution in [0.4, 0.5) is 0 Å². The summed E-state index contributed by atoms with van der Waals surface area (Å²) in [6, 6.07) is 4.55. The van der Waals surface area contributed by atoms with Crippen LogP contribution in [0.2, 0.25) is 0 Å². The highest BCUT2D eigenvalue weighted by molar-refractivity contribution is 9.10. The summed E-state index contributed by atoms with van der Waals surface area (Å²) in [5.74, 6) is 0.588. The van der Waals surface area contributed by atoms with Crippen LogP contribution in [0.15, 0.2) is 27.6 Å². The average Bonchev–Trinajstić information content (AvgIpc) is 2.41. The highest BCUT2D eigenvalue weighted by atomic mass is 79.9. The molecular formula is C13H18BrNO4S. The number of nitrogens with one attached hydrogen (secondary N) is 1. The normalized spacial score (nSPS) is 23.6. The lowest BCUT2D eigenvalue weighted by molar-refractivity contribution is 0.120. The molecule has 0 aliphatic heterocycles. The van der Waals surface area contributed by atoms with E-state index in [1.807, 2.05) is 0 Å². The first-order valence-electron chi connectivity index (χ1n) is 6.46. The van der Waals surface area contributed by atoms with E-state index in [1.54, 1.807) is 6.07 Å². The fraction of sp³-hybridized carbons (Fsp3) is 0.538. The Morgan fingerprint density at radius 1 is 1.30 bits per heavy atom. The van der Waals surface area contributed by atoms with Crippen LogP contribution >= 0.6 is 15.9 Å². The summed E-state index contributed by atoms with van der Waals surface area (Å²) < 4.78 is 33.0. The Morgan fingerprint density at radius 3 is 2.50 bits per heavy atom. The fourth-order valence-electron chi connectivity index (χ4n) is 2.30. The van der Waals surface area contributed by atoms with E-state index in [-0.39, 0.29) is 17.0 Å². The zero-order valence-electron chi connectivity index (χ0n) is 11.2. The summed E-state index contributed by atoms with van der Waals surface area (Å²) in [7, 11) is -2.01. The van der Waals surface area contributed by atoms with Gasteiger partial charge in [0.25, 0.3) is 0 Å². The van der Waals surface area contributed by atoms with Gasteiger partial charge >= 0.3 is 0 Å². The van der Waals surface area contributed by atoms with Gasteiger partial charge in [0, 0.05) is 6.04 Å². The minimum Gasteiger partial charge on any atom is -0.496 e. The summed E-state index contributed by atoms with van der Waals surface area (Å²) in [5.41, 5.74) is 0. The van der Waals surface area contributed by atoms with Crippen LogP contribution in [0.3, 0.4) is 0 Å². The van der Waals surface area contributed by atoms with Crippen LogP contribution in [0.1, 0.15) is 25.7 Å². The summed E-state index contributed by atoms with van der Waals surface area (Å²) in [6.07, 6.45) is 2.31. The molecule has 112 valence electrons. The molecule has 1 aliphatic rings. The molecule has 0 heterocycles. The molecule has 0 radical (unpaired) electrons. The monoisotopic (exact) mass is 363 g/mol. The third-order valence-electron chi connectivity index (χ3n) is 3.45. The molecule has 0 saturated heterocycles. The molecule has 1 aliphatic carbocycles. The van der Waals surface area contributed by atoms with Gasteiger partial charge in [-0.3, -0.25) is 0 Å². The second-order valence-electron chi connectivity index (χ2n) is 4.92. The fourth-order valence-corrected chi connectivity index (χ4v) is 4.32. The second-order valence-corrected chi connectivity index (χ2v) is 7.49. The van der Waals surface area contributed by atoms with Crippen LogP contribution < -0.4 is 9.46 Å². The first-order valence-corrected chi connectivity index (χ1v) is 8.74. The summed E-state index contributed by atoms with van der Waals surface area (Å²) in [4.78, 5) is 0.205. The second kappa shape index (κ2) is 6.43. The van der Waals surface area contributed by atoms with Crippen LogP contribution in [0, 0.1) is 0 Å². The number of sulfonamides is 1. The van der Waals surface area contributed by atoms with Gasteiger partial charge in [-0.1, -0.05) is 0 Å². The van der Waals surface area contributed by atoms with Gasteiger partial charge in [0.05, 0.1) is 22.6 Å². The van der Waals surface area contributed by atoms with Gasteiger partial charge in [-0.2, -0.15) is 0 Å². The Kier molecular flexibility index (Phi) is 5.06. The molecule has 0 bridgehead atoms. The highest BCUT2D eigenvalue weighted by Crippen LogP contribution is 2.28. The quantitative estimate of drug-likeness (QED) is 0.858. The molecule has 7 heteroatoms. The molecule has 20 heavy (non-hydrogen) atoms. The molecule has 1 aromatic rings. The van der Waals surface area contributed by atoms with Gasteiger partial charge in [-0.15, -0.1) is 0 Å². The van der Waals surface area contributed by atoms with Crippen molar-refractivity contribution in [3.8, 4) is 5.75 Å². The zero-order valence-corrected chi connectivity index (χ0v) is 13.6. The Morgan fingerprint density at radius 2 is 1.95 bits per heavy atom. The average molecular weight is 364 g/mol. The lowest BCUT2D eigenvalue weighted by atomic mass is 9.94. The maximum Gasteiger partial charge on any atom is 0.240 e. The van der Waals surface area contributed by atoms with E-state index in [1.165, 1.54) is 19.2 Å². The topological polar surface area (TPSA) is 75.6 Å². The number of hydrogen-bond donors (Lipinski definition) is 2. The maximum absolute atomic E-state index is 12.3. The minimum atomic E-state index is -3.54. The molecule has 0 unspecified atom stereocenters. The Labute approximate surface area is 127 Å². The first kappa shape index (κ1) is 15.8. The van der Waals surface area contributed by atoms with Crippen molar-refractivity contribution < 1.29 is 18.3 Å². The van der Waals surface area contributed by atoms with E-state index >= 15 is 0 Å². The number of aliphatic hydroxyl groups is 1. The predicted octanol–water partition coefficient (Wildman–Crippen LogP) is 2.04. The minimum absolute atomic E-state index is 0.107. The molecule has 2 N–H and O–H groups in total. The predicted molar refractivity (Wildman–Crippen MR) is 79.3 cm³/mol. The van der Waals surface area contributed by atoms with Crippen LogP contribution in [0.25, 0.3) is 0 Å². The molecule has 0 spiro atoms. The van der Waals surface area contributed by atoms with Crippen LogP contribution in [0.5, 0.6) is 5.75 Å². The zero-order chi connectivity index (χ0) is 14.8. The van der Waals surface area contributed by atoms with Crippen molar-refractivity contribution in [2.24, 2.45) is 0 Å². The van der Waals surface area contributed by atoms with E-state index in [2.05, 4.69) is 20.7 Å². The standard InChI is InChI=1S/C13H18BrNO4S/c1-19-13-7-6-11(8-12(13)14)20(17,18)15-9-2-4-10(16)5-3-9/h6-10,15-16H,2-5H2,1H3. The largest absolute Gasteiger partial charge is 0.496 e. The van der Waals surface area contributed by atoms with E-state index in [4.69, 9.17) is 4.74 Å². The number of benzene rings is 1. The molecule has 0 atom stereocenters. The van der Waals surface area contributed by atoms with Crippen molar-refractivity contribution in [3.05, 3.63) is 22.7 Å². The lowest BCUT2D eigenvalue weighted by Gasteiger charge is -2.26. The van der Waals surface area contributed by atoms with Crippen molar-refractivity contribution in [2.45, 2.75) is 42.7 Å². The summed E-state index contributed by atoms with van der Waals surface area (Å²) >= 11 is 3.28. The van der Waals surface area contributed by atoms with Crippen molar-refractivity contribution >= 4 is 26.0 Å². The SMILES string of the molecule is COc1ccc(S(=O)(=O)NC2CCC(O)CC2)cc1Br. The third kappa shape index (κ3) is 3.72. The highest BCUT2D eigenvalue weighted by Gasteiger charge is 2.25. The Hall–Kier alpha value is -0.630. The van der Waals surface area contributed by atoms with E-state index in [0.29, 0.717) is 35.9 Å². The molecule has 1 saturated carbocycles. The molecular weight excluding hydrogens is 346 g/mol. The molecule has 0 aromatic heterocycles.